The second-order valence-corrected chi connectivity index (χ2v) is 12.6. The van der Waals surface area contributed by atoms with E-state index in [0.717, 1.165) is 59.9 Å². The number of aromatic amines is 1. The van der Waals surface area contributed by atoms with Gasteiger partial charge in [-0.1, -0.05) is 36.9 Å². The Balaban J connectivity index is 1.30. The number of imidazole rings is 1. The molecule has 3 aromatic rings. The maximum Gasteiger partial charge on any atom is 0.318 e. The number of hydrogen-bond acceptors (Lipinski definition) is 5. The lowest BCUT2D eigenvalue weighted by Crippen LogP contribution is -2.55. The van der Waals surface area contributed by atoms with Crippen LogP contribution in [0.2, 0.25) is 5.02 Å². The van der Waals surface area contributed by atoms with Crippen LogP contribution in [0, 0.1) is 0 Å². The average molecular weight is 657 g/mol. The Kier molecular flexibility index (Phi) is 10.5. The van der Waals surface area contributed by atoms with Crippen molar-refractivity contribution in [2.45, 2.75) is 76.4 Å². The van der Waals surface area contributed by atoms with Gasteiger partial charge in [-0.15, -0.1) is 0 Å². The Labute approximate surface area is 260 Å². The van der Waals surface area contributed by atoms with Crippen LogP contribution in [0.1, 0.15) is 73.1 Å². The number of halogens is 2. The minimum absolute atomic E-state index is 0.144. The van der Waals surface area contributed by atoms with Gasteiger partial charge in [0.1, 0.15) is 6.04 Å². The van der Waals surface area contributed by atoms with Crippen molar-refractivity contribution in [3.63, 3.8) is 0 Å². The zero-order valence-corrected chi connectivity index (χ0v) is 26.3. The molecular formula is C31H39BrClN7O2. The molecule has 2 aromatic heterocycles. The maximum absolute atomic E-state index is 13.6. The summed E-state index contributed by atoms with van der Waals surface area (Å²) in [6.07, 6.45) is 12.9. The number of pyridine rings is 1. The lowest BCUT2D eigenvalue weighted by Gasteiger charge is -2.32. The van der Waals surface area contributed by atoms with E-state index in [1.807, 2.05) is 18.3 Å². The van der Waals surface area contributed by atoms with Crippen molar-refractivity contribution in [2.24, 2.45) is 0 Å². The van der Waals surface area contributed by atoms with Gasteiger partial charge >= 0.3 is 6.03 Å². The van der Waals surface area contributed by atoms with Crippen LogP contribution in [0.3, 0.4) is 0 Å². The maximum atomic E-state index is 13.6. The van der Waals surface area contributed by atoms with Gasteiger partial charge in [-0.3, -0.25) is 9.78 Å². The van der Waals surface area contributed by atoms with Gasteiger partial charge in [0, 0.05) is 59.7 Å². The van der Waals surface area contributed by atoms with Gasteiger partial charge in [-0.25, -0.2) is 9.78 Å². The van der Waals surface area contributed by atoms with Gasteiger partial charge < -0.3 is 25.8 Å². The highest BCUT2D eigenvalue weighted by Gasteiger charge is 2.29. The first-order valence-corrected chi connectivity index (χ1v) is 16.0. The number of nitrogens with one attached hydrogen (secondary N) is 4. The first kappa shape index (κ1) is 30.5. The fourth-order valence-electron chi connectivity index (χ4n) is 5.98. The lowest BCUT2D eigenvalue weighted by molar-refractivity contribution is -0.124. The number of amides is 3. The standard InChI is InChI=1S/C31H39BrClN7O2/c1-20(30(41)36-12-11-26-18-34-19-38-26)40(31(42)39-25-5-3-2-4-6-25)14-13-35-29-27-10-9-24(33)16-21(27)7-8-22-15-23(32)17-37-28(22)29/h9-10,15-20,25,29,35H,2-8,11-14H2,1H3,(H,34,38)(H,36,41)(H,39,42). The smallest absolute Gasteiger partial charge is 0.318 e. The van der Waals surface area contributed by atoms with E-state index in [4.69, 9.17) is 16.6 Å². The highest BCUT2D eigenvalue weighted by Crippen LogP contribution is 2.33. The topological polar surface area (TPSA) is 115 Å². The summed E-state index contributed by atoms with van der Waals surface area (Å²) in [6, 6.07) is 7.29. The minimum atomic E-state index is -0.640. The van der Waals surface area contributed by atoms with Crippen molar-refractivity contribution < 1.29 is 9.59 Å². The first-order chi connectivity index (χ1) is 20.4. The molecule has 1 aromatic carbocycles. The molecular weight excluding hydrogens is 618 g/mol. The van der Waals surface area contributed by atoms with Gasteiger partial charge in [0.15, 0.2) is 0 Å². The Morgan fingerprint density at radius 2 is 1.93 bits per heavy atom. The summed E-state index contributed by atoms with van der Waals surface area (Å²) in [4.78, 5) is 40.3. The van der Waals surface area contributed by atoms with Crippen molar-refractivity contribution in [1.29, 1.82) is 0 Å². The number of hydrogen-bond donors (Lipinski definition) is 4. The van der Waals surface area contributed by atoms with Crippen molar-refractivity contribution in [3.8, 4) is 0 Å². The monoisotopic (exact) mass is 655 g/mol. The summed E-state index contributed by atoms with van der Waals surface area (Å²) in [6.45, 7) is 3.09. The minimum Gasteiger partial charge on any atom is -0.354 e. The van der Waals surface area contributed by atoms with E-state index in [1.54, 1.807) is 24.3 Å². The summed E-state index contributed by atoms with van der Waals surface area (Å²) >= 11 is 9.94. The summed E-state index contributed by atoms with van der Waals surface area (Å²) in [7, 11) is 0. The molecule has 11 heteroatoms. The second kappa shape index (κ2) is 14.5. The molecule has 0 spiro atoms. The number of aromatic nitrogens is 3. The second-order valence-electron chi connectivity index (χ2n) is 11.2. The first-order valence-electron chi connectivity index (χ1n) is 14.9. The van der Waals surface area contributed by atoms with Crippen LogP contribution < -0.4 is 16.0 Å². The number of H-pyrrole nitrogens is 1. The van der Waals surface area contributed by atoms with E-state index in [0.29, 0.717) is 31.1 Å². The Bertz CT molecular complexity index is 1310. The highest BCUT2D eigenvalue weighted by atomic mass is 79.9. The summed E-state index contributed by atoms with van der Waals surface area (Å²) in [5.74, 6) is -0.181. The molecule has 4 N–H and O–H groups in total. The van der Waals surface area contributed by atoms with Crippen LogP contribution in [-0.4, -0.2) is 63.5 Å². The van der Waals surface area contributed by atoms with E-state index in [1.165, 1.54) is 17.5 Å². The molecule has 0 radical (unpaired) electrons. The van der Waals surface area contributed by atoms with E-state index in [9.17, 15) is 9.59 Å². The molecule has 224 valence electrons. The number of aryl methyl sites for hydroxylation is 2. The van der Waals surface area contributed by atoms with Crippen LogP contribution >= 0.6 is 27.5 Å². The zero-order valence-electron chi connectivity index (χ0n) is 24.0. The number of fused-ring (bicyclic) bond motifs is 2. The number of benzene rings is 1. The molecule has 0 saturated heterocycles. The predicted octanol–water partition coefficient (Wildman–Crippen LogP) is 5.09. The van der Waals surface area contributed by atoms with E-state index in [2.05, 4.69) is 54.0 Å². The average Bonchev–Trinajstić information content (AvgIpc) is 3.46. The van der Waals surface area contributed by atoms with Crippen LogP contribution in [-0.2, 0) is 24.1 Å². The van der Waals surface area contributed by atoms with Crippen LogP contribution in [0.4, 0.5) is 4.79 Å². The predicted molar refractivity (Wildman–Crippen MR) is 168 cm³/mol. The molecule has 2 aliphatic rings. The summed E-state index contributed by atoms with van der Waals surface area (Å²) in [5.41, 5.74) is 5.42. The highest BCUT2D eigenvalue weighted by molar-refractivity contribution is 9.10. The van der Waals surface area contributed by atoms with Crippen LogP contribution in [0.5, 0.6) is 0 Å². The third kappa shape index (κ3) is 7.71. The Morgan fingerprint density at radius 3 is 2.71 bits per heavy atom. The normalized spacial score (nSPS) is 17.5. The molecule has 3 amide bonds. The van der Waals surface area contributed by atoms with Crippen LogP contribution in [0.15, 0.2) is 47.5 Å². The third-order valence-electron chi connectivity index (χ3n) is 8.31. The van der Waals surface area contributed by atoms with Gasteiger partial charge in [-0.2, -0.15) is 0 Å². The van der Waals surface area contributed by atoms with Crippen molar-refractivity contribution in [2.75, 3.05) is 19.6 Å². The van der Waals surface area contributed by atoms with Gasteiger partial charge in [0.25, 0.3) is 0 Å². The molecule has 42 heavy (non-hydrogen) atoms. The van der Waals surface area contributed by atoms with E-state index < -0.39 is 6.04 Å². The molecule has 1 saturated carbocycles. The Morgan fingerprint density at radius 1 is 1.12 bits per heavy atom. The summed E-state index contributed by atoms with van der Waals surface area (Å²) in [5, 5.41) is 10.6. The van der Waals surface area contributed by atoms with Crippen molar-refractivity contribution >= 4 is 39.5 Å². The molecule has 2 unspecified atom stereocenters. The SMILES string of the molecule is CC(C(=O)NCCc1cnc[nH]1)N(CCNC1c2ccc(Cl)cc2CCc2cc(Br)cnc21)C(=O)NC1CCCCC1. The van der Waals surface area contributed by atoms with Gasteiger partial charge in [0.05, 0.1) is 18.1 Å². The van der Waals surface area contributed by atoms with Crippen molar-refractivity contribution in [1.82, 2.24) is 35.8 Å². The molecule has 2 aliphatic carbocycles. The van der Waals surface area contributed by atoms with Crippen molar-refractivity contribution in [3.05, 3.63) is 80.6 Å². The number of nitrogens with zero attached hydrogens (tertiary/aromatic N) is 3. The van der Waals surface area contributed by atoms with Gasteiger partial charge in [0.2, 0.25) is 5.91 Å². The number of urea groups is 1. The van der Waals surface area contributed by atoms with Gasteiger partial charge in [-0.05, 0) is 83.4 Å². The molecule has 1 fully saturated rings. The number of rotatable bonds is 10. The van der Waals surface area contributed by atoms with E-state index in [-0.39, 0.29) is 24.0 Å². The number of carbonyl (C=O) groups excluding carboxylic acids is 2. The quantitative estimate of drug-likeness (QED) is 0.243. The lowest BCUT2D eigenvalue weighted by atomic mass is 9.96. The molecule has 2 atom stereocenters. The molecule has 0 aliphatic heterocycles. The molecule has 0 bridgehead atoms. The summed E-state index contributed by atoms with van der Waals surface area (Å²) < 4.78 is 0.946. The number of carbonyl (C=O) groups is 2. The van der Waals surface area contributed by atoms with Crippen LogP contribution in [0.25, 0.3) is 0 Å². The zero-order chi connectivity index (χ0) is 29.5. The Hall–Kier alpha value is -2.95. The molecule has 5 rings (SSSR count). The fraction of sp³-hybridized carbons (Fsp3) is 0.484. The molecule has 2 heterocycles. The van der Waals surface area contributed by atoms with E-state index >= 15 is 0 Å². The largest absolute Gasteiger partial charge is 0.354 e. The molecule has 9 nitrogen and oxygen atoms in total. The third-order valence-corrected chi connectivity index (χ3v) is 8.98. The fourth-order valence-corrected chi connectivity index (χ4v) is 6.56.